The summed E-state index contributed by atoms with van der Waals surface area (Å²) < 4.78 is 5.33. The molecule has 1 aliphatic heterocycles. The molecule has 8 nitrogen and oxygen atoms in total. The maximum atomic E-state index is 12.5. The number of benzene rings is 1. The Kier molecular flexibility index (Phi) is 6.87. The maximum Gasteiger partial charge on any atom is 0.255 e. The fourth-order valence-electron chi connectivity index (χ4n) is 3.25. The molecule has 8 heteroatoms. The summed E-state index contributed by atoms with van der Waals surface area (Å²) >= 11 is 0. The first-order chi connectivity index (χ1) is 13.9. The van der Waals surface area contributed by atoms with Crippen LogP contribution in [0.3, 0.4) is 0 Å². The highest BCUT2D eigenvalue weighted by Crippen LogP contribution is 2.13. The second-order valence-electron chi connectivity index (χ2n) is 7.39. The molecule has 2 aromatic rings. The van der Waals surface area contributed by atoms with Gasteiger partial charge in [-0.25, -0.2) is 4.98 Å². The molecule has 2 N–H and O–H groups in total. The number of H-pyrrole nitrogens is 1. The van der Waals surface area contributed by atoms with E-state index in [9.17, 15) is 9.59 Å². The third-order valence-electron chi connectivity index (χ3n) is 5.06. The summed E-state index contributed by atoms with van der Waals surface area (Å²) in [5.41, 5.74) is 3.21. The fraction of sp³-hybridized carbons (Fsp3) is 0.476. The van der Waals surface area contributed by atoms with Gasteiger partial charge >= 0.3 is 0 Å². The van der Waals surface area contributed by atoms with E-state index in [4.69, 9.17) is 4.74 Å². The number of hydrogen-bond acceptors (Lipinski definition) is 6. The van der Waals surface area contributed by atoms with Crippen molar-refractivity contribution in [2.75, 3.05) is 50.2 Å². The van der Waals surface area contributed by atoms with Crippen molar-refractivity contribution < 1.29 is 9.53 Å². The number of nitrogens with zero attached hydrogens (tertiary/aromatic N) is 3. The molecule has 1 saturated heterocycles. The van der Waals surface area contributed by atoms with Crippen LogP contribution in [0.25, 0.3) is 0 Å². The van der Waals surface area contributed by atoms with Crippen molar-refractivity contribution in [1.29, 1.82) is 0 Å². The van der Waals surface area contributed by atoms with Crippen molar-refractivity contribution >= 4 is 17.5 Å². The van der Waals surface area contributed by atoms with E-state index >= 15 is 0 Å². The van der Waals surface area contributed by atoms with Crippen LogP contribution in [-0.2, 0) is 22.5 Å². The zero-order chi connectivity index (χ0) is 20.8. The summed E-state index contributed by atoms with van der Waals surface area (Å²) in [7, 11) is 3.98. The largest absolute Gasteiger partial charge is 0.378 e. The Morgan fingerprint density at radius 3 is 2.55 bits per heavy atom. The molecule has 0 bridgehead atoms. The molecule has 1 aromatic heterocycles. The summed E-state index contributed by atoms with van der Waals surface area (Å²) in [5.74, 6) is 0.489. The van der Waals surface area contributed by atoms with Crippen LogP contribution in [0, 0.1) is 6.92 Å². The summed E-state index contributed by atoms with van der Waals surface area (Å²) in [6, 6.07) is 8.04. The second-order valence-corrected chi connectivity index (χ2v) is 7.39. The van der Waals surface area contributed by atoms with Gasteiger partial charge in [-0.05, 0) is 31.0 Å². The predicted molar refractivity (Wildman–Crippen MR) is 114 cm³/mol. The standard InChI is InChI=1S/C21H29N5O3/c1-15-18(20(28)24-21(23-15)26-10-12-29-13-11-26)8-9-19(27)22-14-16-4-6-17(7-5-16)25(2)3/h4-7H,8-14H2,1-3H3,(H,22,27)(H,23,24,28). The number of carbonyl (C=O) groups is 1. The molecule has 0 unspecified atom stereocenters. The van der Waals surface area contributed by atoms with Crippen molar-refractivity contribution in [2.45, 2.75) is 26.3 Å². The molecule has 1 fully saturated rings. The Hall–Kier alpha value is -2.87. The van der Waals surface area contributed by atoms with Gasteiger partial charge in [0.1, 0.15) is 0 Å². The van der Waals surface area contributed by atoms with E-state index in [1.54, 1.807) is 0 Å². The Bertz CT molecular complexity index is 886. The number of ether oxygens (including phenoxy) is 1. The molecule has 29 heavy (non-hydrogen) atoms. The van der Waals surface area contributed by atoms with Crippen LogP contribution in [-0.4, -0.2) is 56.3 Å². The fourth-order valence-corrected chi connectivity index (χ4v) is 3.25. The van der Waals surface area contributed by atoms with E-state index in [-0.39, 0.29) is 17.9 Å². The van der Waals surface area contributed by atoms with E-state index in [1.165, 1.54) is 0 Å². The number of nitrogens with one attached hydrogen (secondary N) is 2. The lowest BCUT2D eigenvalue weighted by Gasteiger charge is -2.27. The third-order valence-corrected chi connectivity index (χ3v) is 5.06. The highest BCUT2D eigenvalue weighted by atomic mass is 16.5. The topological polar surface area (TPSA) is 90.6 Å². The number of hydrogen-bond donors (Lipinski definition) is 2. The normalized spacial score (nSPS) is 14.0. The quantitative estimate of drug-likeness (QED) is 0.728. The SMILES string of the molecule is Cc1nc(N2CCOCC2)[nH]c(=O)c1CCC(=O)NCc1ccc(N(C)C)cc1. The van der Waals surface area contributed by atoms with E-state index in [1.807, 2.05) is 55.1 Å². The van der Waals surface area contributed by atoms with Crippen molar-refractivity contribution in [3.8, 4) is 0 Å². The maximum absolute atomic E-state index is 12.5. The van der Waals surface area contributed by atoms with Gasteiger partial charge in [0.2, 0.25) is 11.9 Å². The lowest BCUT2D eigenvalue weighted by atomic mass is 10.1. The van der Waals surface area contributed by atoms with Gasteiger partial charge in [0.15, 0.2) is 0 Å². The van der Waals surface area contributed by atoms with Crippen molar-refractivity contribution in [3.05, 3.63) is 51.4 Å². The lowest BCUT2D eigenvalue weighted by molar-refractivity contribution is -0.121. The average molecular weight is 399 g/mol. The number of anilines is 2. The minimum absolute atomic E-state index is 0.0854. The van der Waals surface area contributed by atoms with Crippen LogP contribution in [0.1, 0.15) is 23.2 Å². The van der Waals surface area contributed by atoms with Gasteiger partial charge in [0.25, 0.3) is 5.56 Å². The number of morpholine rings is 1. The van der Waals surface area contributed by atoms with Gasteiger partial charge in [0.05, 0.1) is 13.2 Å². The molecule has 1 aromatic carbocycles. The highest BCUT2D eigenvalue weighted by Gasteiger charge is 2.16. The minimum atomic E-state index is -0.175. The Balaban J connectivity index is 1.53. The molecule has 0 spiro atoms. The van der Waals surface area contributed by atoms with Crippen LogP contribution in [0.2, 0.25) is 0 Å². The van der Waals surface area contributed by atoms with Crippen LogP contribution in [0.15, 0.2) is 29.1 Å². The number of aryl methyl sites for hydroxylation is 1. The van der Waals surface area contributed by atoms with Crippen LogP contribution < -0.4 is 20.7 Å². The molecule has 3 rings (SSSR count). The van der Waals surface area contributed by atoms with E-state index in [2.05, 4.69) is 15.3 Å². The number of aromatic nitrogens is 2. The van der Waals surface area contributed by atoms with Gasteiger partial charge < -0.3 is 19.9 Å². The number of aromatic amines is 1. The number of rotatable bonds is 7. The number of carbonyl (C=O) groups excluding carboxylic acids is 1. The Labute approximate surface area is 170 Å². The number of amides is 1. The summed E-state index contributed by atoms with van der Waals surface area (Å²) in [5, 5.41) is 2.91. The molecule has 0 radical (unpaired) electrons. The molecule has 2 heterocycles. The van der Waals surface area contributed by atoms with Crippen molar-refractivity contribution in [2.24, 2.45) is 0 Å². The van der Waals surface area contributed by atoms with Crippen molar-refractivity contribution in [1.82, 2.24) is 15.3 Å². The molecule has 0 saturated carbocycles. The second kappa shape index (κ2) is 9.56. The van der Waals surface area contributed by atoms with Gasteiger partial charge in [-0.1, -0.05) is 12.1 Å². The molecule has 1 amide bonds. The van der Waals surface area contributed by atoms with Gasteiger partial charge in [-0.3, -0.25) is 14.6 Å². The van der Waals surface area contributed by atoms with Crippen molar-refractivity contribution in [3.63, 3.8) is 0 Å². The molecular weight excluding hydrogens is 370 g/mol. The van der Waals surface area contributed by atoms with Crippen LogP contribution >= 0.6 is 0 Å². The van der Waals surface area contributed by atoms with Crippen LogP contribution in [0.4, 0.5) is 11.6 Å². The predicted octanol–water partition coefficient (Wildman–Crippen LogP) is 1.23. The third kappa shape index (κ3) is 5.57. The van der Waals surface area contributed by atoms with E-state index in [0.29, 0.717) is 56.5 Å². The summed E-state index contributed by atoms with van der Waals surface area (Å²) in [6.45, 7) is 4.96. The van der Waals surface area contributed by atoms with Gasteiger partial charge in [-0.15, -0.1) is 0 Å². The Morgan fingerprint density at radius 1 is 1.24 bits per heavy atom. The lowest BCUT2D eigenvalue weighted by Crippen LogP contribution is -2.38. The smallest absolute Gasteiger partial charge is 0.255 e. The zero-order valence-corrected chi connectivity index (χ0v) is 17.3. The molecular formula is C21H29N5O3. The first-order valence-corrected chi connectivity index (χ1v) is 9.89. The molecule has 156 valence electrons. The van der Waals surface area contributed by atoms with Crippen LogP contribution in [0.5, 0.6) is 0 Å². The summed E-state index contributed by atoms with van der Waals surface area (Å²) in [6.07, 6.45) is 0.612. The first kappa shape index (κ1) is 20.9. The van der Waals surface area contributed by atoms with Gasteiger partial charge in [-0.2, -0.15) is 0 Å². The molecule has 0 atom stereocenters. The summed E-state index contributed by atoms with van der Waals surface area (Å²) in [4.78, 5) is 36.1. The van der Waals surface area contributed by atoms with E-state index < -0.39 is 0 Å². The molecule has 1 aliphatic rings. The monoisotopic (exact) mass is 399 g/mol. The van der Waals surface area contributed by atoms with Gasteiger partial charge in [0, 0.05) is 57.1 Å². The highest BCUT2D eigenvalue weighted by molar-refractivity contribution is 5.76. The minimum Gasteiger partial charge on any atom is -0.378 e. The average Bonchev–Trinajstić information content (AvgIpc) is 2.72. The van der Waals surface area contributed by atoms with E-state index in [0.717, 1.165) is 11.3 Å². The molecule has 0 aliphatic carbocycles. The Morgan fingerprint density at radius 2 is 1.93 bits per heavy atom. The zero-order valence-electron chi connectivity index (χ0n) is 17.3. The first-order valence-electron chi connectivity index (χ1n) is 9.89.